The molecule has 1 aliphatic rings. The second-order valence-electron chi connectivity index (χ2n) is 6.89. The maximum absolute atomic E-state index is 13.0. The van der Waals surface area contributed by atoms with Gasteiger partial charge in [-0.05, 0) is 48.0 Å². The lowest BCUT2D eigenvalue weighted by atomic mass is 10.2. The lowest BCUT2D eigenvalue weighted by Crippen LogP contribution is -2.47. The lowest BCUT2D eigenvalue weighted by molar-refractivity contribution is 0.415. The van der Waals surface area contributed by atoms with Crippen LogP contribution in [0.2, 0.25) is 0 Å². The van der Waals surface area contributed by atoms with E-state index in [0.29, 0.717) is 6.54 Å². The smallest absolute Gasteiger partial charge is 0.227 e. The van der Waals surface area contributed by atoms with Crippen LogP contribution < -0.4 is 19.9 Å². The van der Waals surface area contributed by atoms with Crippen LogP contribution in [0.15, 0.2) is 60.8 Å². The van der Waals surface area contributed by atoms with Crippen LogP contribution in [0.3, 0.4) is 0 Å². The summed E-state index contributed by atoms with van der Waals surface area (Å²) < 4.78 is 18.3. The molecule has 0 bridgehead atoms. The van der Waals surface area contributed by atoms with Gasteiger partial charge in [0.1, 0.15) is 17.4 Å². The molecule has 29 heavy (non-hydrogen) atoms. The predicted molar refractivity (Wildman–Crippen MR) is 113 cm³/mol. The zero-order valence-corrected chi connectivity index (χ0v) is 16.4. The molecule has 6 nitrogen and oxygen atoms in total. The summed E-state index contributed by atoms with van der Waals surface area (Å²) in [5.74, 6) is 2.12. The van der Waals surface area contributed by atoms with E-state index in [2.05, 4.69) is 37.2 Å². The number of hydrogen-bond donors (Lipinski definition) is 1. The minimum Gasteiger partial charge on any atom is -0.497 e. The van der Waals surface area contributed by atoms with Crippen molar-refractivity contribution < 1.29 is 9.13 Å². The Labute approximate surface area is 170 Å². The topological polar surface area (TPSA) is 53.5 Å². The van der Waals surface area contributed by atoms with Crippen LogP contribution in [0.1, 0.15) is 5.56 Å². The lowest BCUT2D eigenvalue weighted by Gasteiger charge is -2.36. The van der Waals surface area contributed by atoms with Gasteiger partial charge in [-0.25, -0.2) is 9.37 Å². The number of methoxy groups -OCH3 is 1. The molecule has 2 aromatic carbocycles. The molecular weight excluding hydrogens is 369 g/mol. The number of hydrogen-bond acceptors (Lipinski definition) is 6. The van der Waals surface area contributed by atoms with E-state index >= 15 is 0 Å². The first-order chi connectivity index (χ1) is 14.2. The molecule has 0 saturated carbocycles. The summed E-state index contributed by atoms with van der Waals surface area (Å²) in [7, 11) is 1.68. The summed E-state index contributed by atoms with van der Waals surface area (Å²) in [4.78, 5) is 13.6. The number of nitrogens with one attached hydrogen (secondary N) is 1. The molecule has 0 spiro atoms. The first-order valence-electron chi connectivity index (χ1n) is 9.66. The molecular formula is C22H24FN5O. The van der Waals surface area contributed by atoms with Crippen LogP contribution in [0.25, 0.3) is 0 Å². The number of anilines is 3. The first kappa shape index (κ1) is 19.0. The molecule has 3 aromatic rings. The highest BCUT2D eigenvalue weighted by molar-refractivity contribution is 5.51. The average molecular weight is 393 g/mol. The third kappa shape index (κ3) is 4.74. The Morgan fingerprint density at radius 3 is 2.31 bits per heavy atom. The Bertz CT molecular complexity index is 925. The molecule has 0 unspecified atom stereocenters. The average Bonchev–Trinajstić information content (AvgIpc) is 2.79. The Morgan fingerprint density at radius 1 is 0.931 bits per heavy atom. The van der Waals surface area contributed by atoms with Crippen molar-refractivity contribution in [1.29, 1.82) is 0 Å². The Kier molecular flexibility index (Phi) is 5.74. The number of nitrogens with zero attached hydrogens (tertiary/aromatic N) is 4. The monoisotopic (exact) mass is 393 g/mol. The van der Waals surface area contributed by atoms with Gasteiger partial charge in [-0.3, -0.25) is 0 Å². The number of rotatable bonds is 6. The van der Waals surface area contributed by atoms with E-state index in [1.807, 2.05) is 18.2 Å². The van der Waals surface area contributed by atoms with Gasteiger partial charge in [-0.1, -0.05) is 12.1 Å². The van der Waals surface area contributed by atoms with E-state index in [1.54, 1.807) is 25.4 Å². The molecule has 7 heteroatoms. The van der Waals surface area contributed by atoms with Crippen molar-refractivity contribution in [3.05, 3.63) is 72.2 Å². The van der Waals surface area contributed by atoms with Crippen molar-refractivity contribution in [2.24, 2.45) is 0 Å². The van der Waals surface area contributed by atoms with Crippen LogP contribution >= 0.6 is 0 Å². The third-order valence-corrected chi connectivity index (χ3v) is 5.03. The standard InChI is InChI=1S/C22H24FN5O/c1-29-20-8-6-19(7-9-20)27-12-14-28(15-13-27)22-24-11-10-21(26-22)25-16-17-2-4-18(23)5-3-17/h2-11H,12-16H2,1H3,(H,24,25,26). The maximum atomic E-state index is 13.0. The first-order valence-corrected chi connectivity index (χ1v) is 9.66. The van der Waals surface area contributed by atoms with Gasteiger partial charge in [-0.2, -0.15) is 4.98 Å². The Balaban J connectivity index is 1.34. The van der Waals surface area contributed by atoms with E-state index in [1.165, 1.54) is 17.8 Å². The summed E-state index contributed by atoms with van der Waals surface area (Å²) in [5, 5.41) is 3.28. The highest BCUT2D eigenvalue weighted by atomic mass is 19.1. The summed E-state index contributed by atoms with van der Waals surface area (Å²) in [6, 6.07) is 16.5. The van der Waals surface area contributed by atoms with Crippen molar-refractivity contribution in [3.8, 4) is 5.75 Å². The summed E-state index contributed by atoms with van der Waals surface area (Å²) >= 11 is 0. The highest BCUT2D eigenvalue weighted by Crippen LogP contribution is 2.22. The summed E-state index contributed by atoms with van der Waals surface area (Å²) in [5.41, 5.74) is 2.20. The fraction of sp³-hybridized carbons (Fsp3) is 0.273. The molecule has 0 amide bonds. The van der Waals surface area contributed by atoms with Gasteiger partial charge < -0.3 is 19.9 Å². The van der Waals surface area contributed by atoms with E-state index in [4.69, 9.17) is 4.74 Å². The molecule has 1 fully saturated rings. The van der Waals surface area contributed by atoms with Gasteiger partial charge >= 0.3 is 0 Å². The normalized spacial score (nSPS) is 14.0. The van der Waals surface area contributed by atoms with Gasteiger partial charge in [0, 0.05) is 44.6 Å². The van der Waals surface area contributed by atoms with Crippen molar-refractivity contribution in [2.75, 3.05) is 48.4 Å². The maximum Gasteiger partial charge on any atom is 0.227 e. The van der Waals surface area contributed by atoms with Crippen LogP contribution in [0.4, 0.5) is 21.8 Å². The number of aromatic nitrogens is 2. The zero-order chi connectivity index (χ0) is 20.1. The van der Waals surface area contributed by atoms with Crippen molar-refractivity contribution in [2.45, 2.75) is 6.54 Å². The van der Waals surface area contributed by atoms with Crippen molar-refractivity contribution >= 4 is 17.5 Å². The van der Waals surface area contributed by atoms with Gasteiger partial charge in [0.2, 0.25) is 5.95 Å². The number of halogens is 1. The molecule has 2 heterocycles. The second-order valence-corrected chi connectivity index (χ2v) is 6.89. The second kappa shape index (κ2) is 8.77. The van der Waals surface area contributed by atoms with E-state index < -0.39 is 0 Å². The third-order valence-electron chi connectivity index (χ3n) is 5.03. The molecule has 1 aliphatic heterocycles. The van der Waals surface area contributed by atoms with Gasteiger partial charge in [0.25, 0.3) is 0 Å². The zero-order valence-electron chi connectivity index (χ0n) is 16.4. The van der Waals surface area contributed by atoms with Crippen molar-refractivity contribution in [3.63, 3.8) is 0 Å². The Morgan fingerprint density at radius 2 is 1.62 bits per heavy atom. The van der Waals surface area contributed by atoms with Crippen LogP contribution in [-0.4, -0.2) is 43.3 Å². The fourth-order valence-electron chi connectivity index (χ4n) is 3.35. The molecule has 1 aromatic heterocycles. The Hall–Kier alpha value is -3.35. The van der Waals surface area contributed by atoms with E-state index in [9.17, 15) is 4.39 Å². The van der Waals surface area contributed by atoms with E-state index in [-0.39, 0.29) is 5.82 Å². The molecule has 1 saturated heterocycles. The summed E-state index contributed by atoms with van der Waals surface area (Å²) in [6.45, 7) is 4.11. The van der Waals surface area contributed by atoms with Crippen LogP contribution in [0.5, 0.6) is 5.75 Å². The van der Waals surface area contributed by atoms with Crippen LogP contribution in [-0.2, 0) is 6.54 Å². The molecule has 150 valence electrons. The number of piperazine rings is 1. The highest BCUT2D eigenvalue weighted by Gasteiger charge is 2.19. The minimum absolute atomic E-state index is 0.230. The SMILES string of the molecule is COc1ccc(N2CCN(c3nccc(NCc4ccc(F)cc4)n3)CC2)cc1. The quantitative estimate of drug-likeness (QED) is 0.691. The molecule has 0 aliphatic carbocycles. The van der Waals surface area contributed by atoms with E-state index in [0.717, 1.165) is 49.3 Å². The predicted octanol–water partition coefficient (Wildman–Crippen LogP) is 3.56. The largest absolute Gasteiger partial charge is 0.497 e. The molecule has 0 atom stereocenters. The van der Waals surface area contributed by atoms with Gasteiger partial charge in [-0.15, -0.1) is 0 Å². The minimum atomic E-state index is -0.230. The summed E-state index contributed by atoms with van der Waals surface area (Å²) in [6.07, 6.45) is 1.77. The van der Waals surface area contributed by atoms with Crippen molar-refractivity contribution in [1.82, 2.24) is 9.97 Å². The molecule has 0 radical (unpaired) electrons. The van der Waals surface area contributed by atoms with Crippen LogP contribution in [0, 0.1) is 5.82 Å². The van der Waals surface area contributed by atoms with Gasteiger partial charge in [0.15, 0.2) is 0 Å². The fourth-order valence-corrected chi connectivity index (χ4v) is 3.35. The number of ether oxygens (including phenoxy) is 1. The number of benzene rings is 2. The van der Waals surface area contributed by atoms with Gasteiger partial charge in [0.05, 0.1) is 7.11 Å². The molecule has 4 rings (SSSR count). The molecule has 1 N–H and O–H groups in total.